The van der Waals surface area contributed by atoms with E-state index >= 15 is 0 Å². The Kier molecular flexibility index (Phi) is 9.38. The molecule has 3 rings (SSSR count). The number of nitrogens with zero attached hydrogens (tertiary/aromatic N) is 3. The van der Waals surface area contributed by atoms with E-state index in [4.69, 9.17) is 19.9 Å². The largest absolute Gasteiger partial charge is 0.462 e. The van der Waals surface area contributed by atoms with Crippen molar-refractivity contribution < 1.29 is 28.6 Å². The topological polar surface area (TPSA) is 193 Å². The molecule has 0 spiro atoms. The highest BCUT2D eigenvalue weighted by Crippen LogP contribution is 2.08. The quantitative estimate of drug-likeness (QED) is 0.200. The van der Waals surface area contributed by atoms with Crippen LogP contribution in [-0.4, -0.2) is 68.9 Å². The van der Waals surface area contributed by atoms with Crippen LogP contribution in [-0.2, 0) is 37.0 Å². The molecule has 0 saturated heterocycles. The number of nitrogens with two attached hydrogens (primary N) is 1. The van der Waals surface area contributed by atoms with Crippen LogP contribution in [0.2, 0.25) is 0 Å². The lowest BCUT2D eigenvalue weighted by molar-refractivity contribution is -0.149. The maximum Gasteiger partial charge on any atom is 0.408 e. The van der Waals surface area contributed by atoms with E-state index in [2.05, 4.69) is 25.6 Å². The average Bonchev–Trinajstić information content (AvgIpc) is 3.24. The molecule has 14 heteroatoms. The molecule has 2 heterocycles. The molecule has 1 atom stereocenters. The molecule has 204 valence electrons. The summed E-state index contributed by atoms with van der Waals surface area (Å²) in [5, 5.41) is 4.94. The number of hydrogen-bond acceptors (Lipinski definition) is 10. The van der Waals surface area contributed by atoms with E-state index < -0.39 is 35.2 Å². The monoisotopic (exact) mass is 529 g/mol. The minimum Gasteiger partial charge on any atom is -0.462 e. The predicted molar refractivity (Wildman–Crippen MR) is 136 cm³/mol. The van der Waals surface area contributed by atoms with Crippen LogP contribution < -0.4 is 21.9 Å². The SMILES string of the molecule is CC(C)(C)OC(=O)NCC(=O)N[C@@H](Cc1ccccc1)C(=O)OCCOCn1cnc2c(=O)[nH]c(N)nc21. The maximum atomic E-state index is 12.8. The van der Waals surface area contributed by atoms with Crippen molar-refractivity contribution in [1.29, 1.82) is 0 Å². The first-order valence-corrected chi connectivity index (χ1v) is 11.8. The van der Waals surface area contributed by atoms with Crippen LogP contribution in [0.3, 0.4) is 0 Å². The van der Waals surface area contributed by atoms with Crippen LogP contribution in [0.4, 0.5) is 10.7 Å². The molecular weight excluding hydrogens is 498 g/mol. The Morgan fingerprint density at radius 3 is 2.61 bits per heavy atom. The van der Waals surface area contributed by atoms with Crippen molar-refractivity contribution in [2.75, 3.05) is 25.5 Å². The molecular formula is C24H31N7O7. The van der Waals surface area contributed by atoms with E-state index in [1.54, 1.807) is 20.8 Å². The van der Waals surface area contributed by atoms with E-state index in [0.717, 1.165) is 5.56 Å². The lowest BCUT2D eigenvalue weighted by atomic mass is 10.1. The van der Waals surface area contributed by atoms with E-state index in [1.807, 2.05) is 30.3 Å². The van der Waals surface area contributed by atoms with Gasteiger partial charge in [0.05, 0.1) is 12.9 Å². The Labute approximate surface area is 217 Å². The summed E-state index contributed by atoms with van der Waals surface area (Å²) in [5.74, 6) is -1.30. The highest BCUT2D eigenvalue weighted by atomic mass is 16.6. The van der Waals surface area contributed by atoms with Crippen molar-refractivity contribution in [3.05, 3.63) is 52.6 Å². The molecule has 3 aromatic rings. The van der Waals surface area contributed by atoms with Crippen LogP contribution >= 0.6 is 0 Å². The van der Waals surface area contributed by atoms with Gasteiger partial charge in [0.2, 0.25) is 11.9 Å². The Bertz CT molecular complexity index is 1320. The number of nitrogen functional groups attached to an aromatic ring is 1. The minimum atomic E-state index is -0.998. The molecule has 0 aliphatic heterocycles. The van der Waals surface area contributed by atoms with Gasteiger partial charge >= 0.3 is 12.1 Å². The summed E-state index contributed by atoms with van der Waals surface area (Å²) in [5.41, 5.74) is 5.58. The summed E-state index contributed by atoms with van der Waals surface area (Å²) < 4.78 is 17.4. The number of anilines is 1. The molecule has 38 heavy (non-hydrogen) atoms. The molecule has 0 saturated carbocycles. The van der Waals surface area contributed by atoms with Crippen molar-refractivity contribution in [2.24, 2.45) is 0 Å². The van der Waals surface area contributed by atoms with Crippen LogP contribution in [0.1, 0.15) is 26.3 Å². The number of carbonyl (C=O) groups excluding carboxylic acids is 3. The first kappa shape index (κ1) is 28.1. The number of aromatic amines is 1. The molecule has 2 amide bonds. The fourth-order valence-electron chi connectivity index (χ4n) is 3.29. The van der Waals surface area contributed by atoms with Gasteiger partial charge in [-0.25, -0.2) is 14.6 Å². The Morgan fingerprint density at radius 1 is 1.16 bits per heavy atom. The number of benzene rings is 1. The fraction of sp³-hybridized carbons (Fsp3) is 0.417. The van der Waals surface area contributed by atoms with Crippen molar-refractivity contribution in [1.82, 2.24) is 30.2 Å². The predicted octanol–water partition coefficient (Wildman–Crippen LogP) is 0.471. The minimum absolute atomic E-state index is 0.00947. The van der Waals surface area contributed by atoms with Gasteiger partial charge in [-0.05, 0) is 26.3 Å². The van der Waals surface area contributed by atoms with Crippen LogP contribution in [0.15, 0.2) is 41.5 Å². The number of hydrogen-bond donors (Lipinski definition) is 4. The van der Waals surface area contributed by atoms with Gasteiger partial charge in [0.25, 0.3) is 5.56 Å². The zero-order valence-corrected chi connectivity index (χ0v) is 21.4. The molecule has 5 N–H and O–H groups in total. The summed E-state index contributed by atoms with van der Waals surface area (Å²) in [6.07, 6.45) is 0.816. The van der Waals surface area contributed by atoms with Gasteiger partial charge in [0.1, 0.15) is 31.5 Å². The lowest BCUT2D eigenvalue weighted by Gasteiger charge is -2.20. The van der Waals surface area contributed by atoms with Gasteiger partial charge in [0, 0.05) is 6.42 Å². The summed E-state index contributed by atoms with van der Waals surface area (Å²) in [4.78, 5) is 59.2. The Hall–Kier alpha value is -4.46. The van der Waals surface area contributed by atoms with Gasteiger partial charge < -0.3 is 30.6 Å². The number of aromatic nitrogens is 4. The van der Waals surface area contributed by atoms with Gasteiger partial charge in [-0.1, -0.05) is 30.3 Å². The molecule has 0 radical (unpaired) electrons. The number of amides is 2. The van der Waals surface area contributed by atoms with E-state index in [0.29, 0.717) is 0 Å². The maximum absolute atomic E-state index is 12.8. The first-order valence-electron chi connectivity index (χ1n) is 11.8. The van der Waals surface area contributed by atoms with Crippen LogP contribution in [0.5, 0.6) is 0 Å². The number of carbonyl (C=O) groups is 3. The number of H-pyrrole nitrogens is 1. The van der Waals surface area contributed by atoms with E-state index in [9.17, 15) is 19.2 Å². The van der Waals surface area contributed by atoms with Crippen molar-refractivity contribution in [2.45, 2.75) is 45.6 Å². The smallest absolute Gasteiger partial charge is 0.408 e. The second-order valence-corrected chi connectivity index (χ2v) is 9.21. The third-order valence-electron chi connectivity index (χ3n) is 4.89. The van der Waals surface area contributed by atoms with Crippen molar-refractivity contribution >= 4 is 35.1 Å². The molecule has 14 nitrogen and oxygen atoms in total. The molecule has 0 bridgehead atoms. The lowest BCUT2D eigenvalue weighted by Crippen LogP contribution is -2.48. The van der Waals surface area contributed by atoms with E-state index in [-0.39, 0.29) is 50.0 Å². The molecule has 2 aromatic heterocycles. The van der Waals surface area contributed by atoms with Gasteiger partial charge in [-0.15, -0.1) is 0 Å². The van der Waals surface area contributed by atoms with Crippen molar-refractivity contribution in [3.8, 4) is 0 Å². The number of imidazole rings is 1. The molecule has 0 fully saturated rings. The van der Waals surface area contributed by atoms with Crippen molar-refractivity contribution in [3.63, 3.8) is 0 Å². The second-order valence-electron chi connectivity index (χ2n) is 9.21. The summed E-state index contributed by atoms with van der Waals surface area (Å²) in [6.45, 7) is 4.64. The normalized spacial score (nSPS) is 12.1. The van der Waals surface area contributed by atoms with Gasteiger partial charge in [0.15, 0.2) is 11.2 Å². The number of alkyl carbamates (subject to hydrolysis) is 1. The average molecular weight is 530 g/mol. The molecule has 0 aliphatic carbocycles. The van der Waals surface area contributed by atoms with Gasteiger partial charge in [-0.2, -0.15) is 4.98 Å². The number of fused-ring (bicyclic) bond motifs is 1. The molecule has 0 unspecified atom stereocenters. The first-order chi connectivity index (χ1) is 18.0. The van der Waals surface area contributed by atoms with Crippen LogP contribution in [0, 0.1) is 0 Å². The zero-order chi connectivity index (χ0) is 27.7. The number of rotatable bonds is 11. The highest BCUT2D eigenvalue weighted by molar-refractivity contribution is 5.87. The number of nitrogens with one attached hydrogen (secondary N) is 3. The number of esters is 1. The Morgan fingerprint density at radius 2 is 1.89 bits per heavy atom. The highest BCUT2D eigenvalue weighted by Gasteiger charge is 2.24. The zero-order valence-electron chi connectivity index (χ0n) is 21.4. The Balaban J connectivity index is 1.51. The summed E-state index contributed by atoms with van der Waals surface area (Å²) in [6, 6.07) is 8.09. The van der Waals surface area contributed by atoms with Gasteiger partial charge in [-0.3, -0.25) is 19.1 Å². The second kappa shape index (κ2) is 12.7. The number of ether oxygens (including phenoxy) is 3. The molecule has 1 aromatic carbocycles. The summed E-state index contributed by atoms with van der Waals surface area (Å²) in [7, 11) is 0. The van der Waals surface area contributed by atoms with Crippen LogP contribution in [0.25, 0.3) is 11.2 Å². The third kappa shape index (κ3) is 8.58. The summed E-state index contributed by atoms with van der Waals surface area (Å²) >= 11 is 0. The fourth-order valence-corrected chi connectivity index (χ4v) is 3.29. The van der Waals surface area contributed by atoms with E-state index in [1.165, 1.54) is 10.9 Å². The standard InChI is InChI=1S/C24H31N7O7/c1-24(2,3)38-23(35)26-12-17(32)28-16(11-15-7-5-4-6-8-15)21(34)37-10-9-36-14-31-13-27-18-19(31)29-22(25)30-20(18)33/h4-8,13,16H,9-12,14H2,1-3H3,(H,26,35)(H,28,32)(H3,25,29,30,33)/t16-/m0/s1. The molecule has 0 aliphatic rings. The third-order valence-corrected chi connectivity index (χ3v) is 4.89.